The van der Waals surface area contributed by atoms with Gasteiger partial charge in [-0.3, -0.25) is 0 Å². The predicted molar refractivity (Wildman–Crippen MR) is 140 cm³/mol. The molecule has 2 heteroatoms. The zero-order valence-electron chi connectivity index (χ0n) is 18.8. The molecule has 0 nitrogen and oxygen atoms in total. The first kappa shape index (κ1) is 18.4. The highest BCUT2D eigenvalue weighted by molar-refractivity contribution is 6.98. The molecule has 0 radical (unpaired) electrons. The topological polar surface area (TPSA) is 0 Å². The van der Waals surface area contributed by atoms with Gasteiger partial charge in [0.1, 0.15) is 16.1 Å². The standard InChI is InChI=1S/C28H28Si2/c1-17-15-25-23-9-7-20-19(21(23)11-13-27(25)29(17,3)4)8-10-24-22(20)12-14-28-26(24)16-18(2)30(28,5)6/h7-16H,1-6H3. The number of fused-ring (bicyclic) bond motifs is 9. The second-order valence-corrected chi connectivity index (χ2v) is 19.5. The Labute approximate surface area is 180 Å². The monoisotopic (exact) mass is 420 g/mol. The number of hydrogen-bond donors (Lipinski definition) is 0. The third-order valence-corrected chi connectivity index (χ3v) is 16.1. The van der Waals surface area contributed by atoms with Crippen LogP contribution in [0.25, 0.3) is 44.5 Å². The van der Waals surface area contributed by atoms with Gasteiger partial charge in [0.05, 0.1) is 0 Å². The fraction of sp³-hybridized carbons (Fsp3) is 0.214. The molecule has 0 fully saturated rings. The first-order valence-corrected chi connectivity index (χ1v) is 17.0. The molecule has 0 spiro atoms. The van der Waals surface area contributed by atoms with Crippen molar-refractivity contribution in [2.24, 2.45) is 0 Å². The first-order valence-electron chi connectivity index (χ1n) is 11.0. The molecule has 0 amide bonds. The Balaban J connectivity index is 1.69. The van der Waals surface area contributed by atoms with E-state index in [1.165, 1.54) is 43.4 Å². The van der Waals surface area contributed by atoms with E-state index in [0.29, 0.717) is 0 Å². The molecule has 0 N–H and O–H groups in total. The van der Waals surface area contributed by atoms with Gasteiger partial charge in [0, 0.05) is 0 Å². The molecular formula is C28H28Si2. The molecule has 2 aliphatic heterocycles. The van der Waals surface area contributed by atoms with E-state index in [9.17, 15) is 0 Å². The Bertz CT molecular complexity index is 1380. The minimum atomic E-state index is -1.47. The van der Waals surface area contributed by atoms with Crippen LogP contribution in [-0.2, 0) is 0 Å². The van der Waals surface area contributed by atoms with Crippen molar-refractivity contribution in [3.8, 4) is 0 Å². The average Bonchev–Trinajstić information content (AvgIpc) is 3.09. The van der Waals surface area contributed by atoms with E-state index in [-0.39, 0.29) is 0 Å². The fourth-order valence-electron chi connectivity index (χ4n) is 5.70. The van der Waals surface area contributed by atoms with Crippen LogP contribution in [0.15, 0.2) is 58.9 Å². The Morgan fingerprint density at radius 3 is 1.13 bits per heavy atom. The SMILES string of the molecule is CC1=Cc2c(ccc3c2ccc2c4ccc5c(c4ccc32)C=C(C)[Si]5(C)C)[Si]1(C)C. The predicted octanol–water partition coefficient (Wildman–Crippen LogP) is 6.89. The fourth-order valence-corrected chi connectivity index (χ4v) is 10.3. The van der Waals surface area contributed by atoms with Gasteiger partial charge in [-0.25, -0.2) is 0 Å². The Hall–Kier alpha value is -2.43. The van der Waals surface area contributed by atoms with Gasteiger partial charge in [-0.15, -0.1) is 0 Å². The summed E-state index contributed by atoms with van der Waals surface area (Å²) in [5.41, 5.74) is 2.95. The lowest BCUT2D eigenvalue weighted by atomic mass is 9.93. The van der Waals surface area contributed by atoms with Crippen LogP contribution in [0.4, 0.5) is 0 Å². The number of rotatable bonds is 0. The molecule has 2 aliphatic rings. The summed E-state index contributed by atoms with van der Waals surface area (Å²) in [7, 11) is -2.93. The van der Waals surface area contributed by atoms with Gasteiger partial charge in [0.2, 0.25) is 0 Å². The van der Waals surface area contributed by atoms with Crippen molar-refractivity contribution in [2.45, 2.75) is 40.0 Å². The second kappa shape index (κ2) is 5.63. The van der Waals surface area contributed by atoms with E-state index >= 15 is 0 Å². The Morgan fingerprint density at radius 2 is 0.733 bits per heavy atom. The number of allylic oxidation sites excluding steroid dienone is 2. The molecule has 4 aromatic carbocycles. The van der Waals surface area contributed by atoms with E-state index in [2.05, 4.69) is 101 Å². The summed E-state index contributed by atoms with van der Waals surface area (Å²) in [4.78, 5) is 0. The molecule has 0 unspecified atom stereocenters. The van der Waals surface area contributed by atoms with Crippen LogP contribution in [0.1, 0.15) is 25.0 Å². The lowest BCUT2D eigenvalue weighted by Crippen LogP contribution is -2.40. The summed E-state index contributed by atoms with van der Waals surface area (Å²) in [6.45, 7) is 14.6. The van der Waals surface area contributed by atoms with Gasteiger partial charge in [0.15, 0.2) is 0 Å². The highest BCUT2D eigenvalue weighted by atomic mass is 28.3. The third-order valence-electron chi connectivity index (χ3n) is 8.32. The van der Waals surface area contributed by atoms with Crippen molar-refractivity contribution < 1.29 is 0 Å². The minimum Gasteiger partial charge on any atom is -0.0784 e. The zero-order valence-corrected chi connectivity index (χ0v) is 20.8. The lowest BCUT2D eigenvalue weighted by molar-refractivity contribution is 1.62. The van der Waals surface area contributed by atoms with Crippen molar-refractivity contribution in [3.63, 3.8) is 0 Å². The van der Waals surface area contributed by atoms with Gasteiger partial charge < -0.3 is 0 Å². The Kier molecular flexibility index (Phi) is 3.44. The van der Waals surface area contributed by atoms with Crippen molar-refractivity contribution >= 4 is 71.0 Å². The molecule has 6 rings (SSSR count). The molecule has 0 aliphatic carbocycles. The molecule has 0 saturated heterocycles. The van der Waals surface area contributed by atoms with E-state index in [1.54, 1.807) is 20.8 Å². The molecule has 0 aromatic heterocycles. The maximum atomic E-state index is 2.48. The van der Waals surface area contributed by atoms with Gasteiger partial charge in [-0.1, -0.05) is 97.3 Å². The highest BCUT2D eigenvalue weighted by Crippen LogP contribution is 2.38. The van der Waals surface area contributed by atoms with Gasteiger partial charge >= 0.3 is 0 Å². The summed E-state index contributed by atoms with van der Waals surface area (Å²) in [6.07, 6.45) is 4.92. The lowest BCUT2D eigenvalue weighted by Gasteiger charge is -2.21. The first-order chi connectivity index (χ1) is 14.2. The molecule has 2 heterocycles. The van der Waals surface area contributed by atoms with Crippen molar-refractivity contribution in [3.05, 3.63) is 70.1 Å². The summed E-state index contributed by atoms with van der Waals surface area (Å²) >= 11 is 0. The highest BCUT2D eigenvalue weighted by Gasteiger charge is 2.34. The van der Waals surface area contributed by atoms with Gasteiger partial charge in [-0.05, 0) is 67.7 Å². The van der Waals surface area contributed by atoms with E-state index in [4.69, 9.17) is 0 Å². The largest absolute Gasteiger partial charge is 0.108 e. The normalized spacial score (nSPS) is 18.6. The van der Waals surface area contributed by atoms with Crippen molar-refractivity contribution in [2.75, 3.05) is 0 Å². The van der Waals surface area contributed by atoms with Crippen LogP contribution in [0.5, 0.6) is 0 Å². The summed E-state index contributed by atoms with van der Waals surface area (Å²) < 4.78 is 0. The van der Waals surface area contributed by atoms with E-state index in [0.717, 1.165) is 0 Å². The summed E-state index contributed by atoms with van der Waals surface area (Å²) in [5.74, 6) is 0. The van der Waals surface area contributed by atoms with Crippen LogP contribution in [0, 0.1) is 0 Å². The van der Waals surface area contributed by atoms with E-state index < -0.39 is 16.1 Å². The molecule has 148 valence electrons. The molecule has 30 heavy (non-hydrogen) atoms. The Morgan fingerprint density at radius 1 is 0.433 bits per heavy atom. The summed E-state index contributed by atoms with van der Waals surface area (Å²) in [6, 6.07) is 19.1. The minimum absolute atomic E-state index is 1.38. The molecule has 0 saturated carbocycles. The van der Waals surface area contributed by atoms with Crippen LogP contribution < -0.4 is 10.4 Å². The quantitative estimate of drug-likeness (QED) is 0.215. The number of hydrogen-bond acceptors (Lipinski definition) is 0. The third kappa shape index (κ3) is 2.11. The van der Waals surface area contributed by atoms with Crippen molar-refractivity contribution in [1.29, 1.82) is 0 Å². The molecule has 4 aromatic rings. The molecule has 0 bridgehead atoms. The molecular weight excluding hydrogens is 392 g/mol. The number of benzene rings is 4. The second-order valence-electron chi connectivity index (χ2n) is 10.4. The van der Waals surface area contributed by atoms with E-state index in [1.807, 2.05) is 0 Å². The average molecular weight is 421 g/mol. The zero-order chi connectivity index (χ0) is 21.0. The van der Waals surface area contributed by atoms with Crippen LogP contribution >= 0.6 is 0 Å². The van der Waals surface area contributed by atoms with Gasteiger partial charge in [-0.2, -0.15) is 0 Å². The van der Waals surface area contributed by atoms with Crippen LogP contribution in [0.2, 0.25) is 26.2 Å². The summed E-state index contributed by atoms with van der Waals surface area (Å²) in [5, 5.41) is 14.8. The van der Waals surface area contributed by atoms with Crippen LogP contribution in [-0.4, -0.2) is 16.1 Å². The molecule has 0 atom stereocenters. The van der Waals surface area contributed by atoms with Gasteiger partial charge in [0.25, 0.3) is 0 Å². The maximum absolute atomic E-state index is 2.48. The van der Waals surface area contributed by atoms with Crippen molar-refractivity contribution in [1.82, 2.24) is 0 Å². The maximum Gasteiger partial charge on any atom is 0.108 e. The smallest absolute Gasteiger partial charge is 0.0784 e. The van der Waals surface area contributed by atoms with Crippen LogP contribution in [0.3, 0.4) is 0 Å².